The first-order valence-corrected chi connectivity index (χ1v) is 10.3. The predicted octanol–water partition coefficient (Wildman–Crippen LogP) is 3.29. The van der Waals surface area contributed by atoms with E-state index in [9.17, 15) is 9.59 Å². The first-order valence-electron chi connectivity index (χ1n) is 10.3. The number of benzene rings is 1. The van der Waals surface area contributed by atoms with Crippen molar-refractivity contribution in [1.29, 1.82) is 0 Å². The Balaban J connectivity index is 1.32. The Kier molecular flexibility index (Phi) is 5.70. The second-order valence-corrected chi connectivity index (χ2v) is 7.89. The molecule has 0 aliphatic heterocycles. The van der Waals surface area contributed by atoms with Gasteiger partial charge in [0.05, 0.1) is 5.56 Å². The normalized spacial score (nSPS) is 25.9. The molecule has 0 saturated heterocycles. The first kappa shape index (κ1) is 18.7. The smallest absolute Gasteiger partial charge is 0.252 e. The maximum atomic E-state index is 12.5. The van der Waals surface area contributed by atoms with Gasteiger partial charge in [-0.05, 0) is 42.4 Å². The molecular formula is C23H27N3O2. The summed E-state index contributed by atoms with van der Waals surface area (Å²) < 4.78 is 0. The second-order valence-electron chi connectivity index (χ2n) is 7.89. The fourth-order valence-electron chi connectivity index (χ4n) is 4.94. The van der Waals surface area contributed by atoms with Crippen LogP contribution in [0.1, 0.15) is 53.9 Å². The van der Waals surface area contributed by atoms with E-state index in [1.165, 1.54) is 37.4 Å². The van der Waals surface area contributed by atoms with Crippen molar-refractivity contribution in [3.05, 3.63) is 66.0 Å². The second kappa shape index (κ2) is 8.55. The molecule has 2 aliphatic rings. The lowest BCUT2D eigenvalue weighted by Gasteiger charge is -2.55. The van der Waals surface area contributed by atoms with Crippen molar-refractivity contribution < 1.29 is 9.59 Å². The third-order valence-electron chi connectivity index (χ3n) is 6.26. The summed E-state index contributed by atoms with van der Waals surface area (Å²) >= 11 is 0. The van der Waals surface area contributed by atoms with E-state index in [0.29, 0.717) is 36.3 Å². The van der Waals surface area contributed by atoms with E-state index in [1.807, 2.05) is 6.07 Å². The van der Waals surface area contributed by atoms with Gasteiger partial charge in [-0.25, -0.2) is 0 Å². The Morgan fingerprint density at radius 2 is 1.79 bits per heavy atom. The molecule has 2 N–H and O–H groups in total. The number of amides is 2. The highest BCUT2D eigenvalue weighted by molar-refractivity contribution is 5.94. The Morgan fingerprint density at radius 1 is 1.00 bits per heavy atom. The summed E-state index contributed by atoms with van der Waals surface area (Å²) in [6, 6.07) is 14.2. The van der Waals surface area contributed by atoms with Crippen LogP contribution in [0.4, 0.5) is 0 Å². The number of aromatic nitrogens is 1. The first-order chi connectivity index (χ1) is 13.7. The van der Waals surface area contributed by atoms with Crippen LogP contribution in [0.3, 0.4) is 0 Å². The number of hydrogen-bond donors (Lipinski definition) is 2. The molecular weight excluding hydrogens is 350 g/mol. The van der Waals surface area contributed by atoms with Crippen molar-refractivity contribution in [2.75, 3.05) is 6.54 Å². The number of nitrogens with one attached hydrogen (secondary N) is 2. The third kappa shape index (κ3) is 3.93. The van der Waals surface area contributed by atoms with Crippen LogP contribution in [-0.2, 0) is 4.79 Å². The molecule has 1 aromatic carbocycles. The number of pyridine rings is 1. The molecule has 0 unspecified atom stereocenters. The Morgan fingerprint density at radius 3 is 2.54 bits per heavy atom. The zero-order valence-electron chi connectivity index (χ0n) is 16.0. The summed E-state index contributed by atoms with van der Waals surface area (Å²) in [6.07, 6.45) is 8.47. The molecule has 2 aliphatic carbocycles. The summed E-state index contributed by atoms with van der Waals surface area (Å²) in [7, 11) is 0. The highest BCUT2D eigenvalue weighted by Gasteiger charge is 2.51. The Labute approximate surface area is 165 Å². The molecule has 0 spiro atoms. The molecule has 1 heterocycles. The van der Waals surface area contributed by atoms with Gasteiger partial charge < -0.3 is 10.6 Å². The van der Waals surface area contributed by atoms with Crippen molar-refractivity contribution in [2.45, 2.75) is 44.1 Å². The molecule has 0 radical (unpaired) electrons. The van der Waals surface area contributed by atoms with Crippen molar-refractivity contribution in [2.24, 2.45) is 11.8 Å². The average molecular weight is 377 g/mol. The van der Waals surface area contributed by atoms with Crippen LogP contribution in [0.25, 0.3) is 0 Å². The molecule has 2 saturated carbocycles. The molecule has 2 fully saturated rings. The van der Waals surface area contributed by atoms with Gasteiger partial charge in [-0.15, -0.1) is 0 Å². The van der Waals surface area contributed by atoms with E-state index in [1.54, 1.807) is 18.3 Å². The molecule has 4 rings (SSSR count). The van der Waals surface area contributed by atoms with Gasteiger partial charge in [-0.3, -0.25) is 14.6 Å². The molecule has 2 amide bonds. The number of nitrogens with zero attached hydrogens (tertiary/aromatic N) is 1. The number of rotatable bonds is 6. The van der Waals surface area contributed by atoms with Gasteiger partial charge in [0.25, 0.3) is 5.91 Å². The van der Waals surface area contributed by atoms with E-state index in [-0.39, 0.29) is 17.9 Å². The van der Waals surface area contributed by atoms with Crippen LogP contribution < -0.4 is 10.6 Å². The maximum absolute atomic E-state index is 12.5. The van der Waals surface area contributed by atoms with Crippen LogP contribution in [0.15, 0.2) is 54.9 Å². The fraction of sp³-hybridized carbons (Fsp3) is 0.435. The molecule has 28 heavy (non-hydrogen) atoms. The van der Waals surface area contributed by atoms with Gasteiger partial charge in [0.1, 0.15) is 0 Å². The van der Waals surface area contributed by atoms with E-state index in [2.05, 4.69) is 39.9 Å². The molecule has 5 nitrogen and oxygen atoms in total. The van der Waals surface area contributed by atoms with Crippen molar-refractivity contribution in [3.63, 3.8) is 0 Å². The van der Waals surface area contributed by atoms with Crippen molar-refractivity contribution >= 4 is 11.8 Å². The lowest BCUT2D eigenvalue weighted by molar-refractivity contribution is -0.124. The topological polar surface area (TPSA) is 71.1 Å². The maximum Gasteiger partial charge on any atom is 0.252 e. The zero-order valence-corrected chi connectivity index (χ0v) is 16.0. The van der Waals surface area contributed by atoms with Crippen molar-refractivity contribution in [1.82, 2.24) is 15.6 Å². The van der Waals surface area contributed by atoms with Gasteiger partial charge in [0, 0.05) is 37.3 Å². The minimum absolute atomic E-state index is 0.0152. The van der Waals surface area contributed by atoms with Crippen LogP contribution in [0.2, 0.25) is 0 Å². The molecule has 146 valence electrons. The lowest BCUT2D eigenvalue weighted by atomic mass is 9.53. The third-order valence-corrected chi connectivity index (χ3v) is 6.26. The SMILES string of the molecule is O=C(CCNC(=O)c1cccnc1)N[C@H]1[C@H]2CCCC[C@@H]2[C@@H]1c1ccccc1. The van der Waals surface area contributed by atoms with Gasteiger partial charge in [0.2, 0.25) is 5.91 Å². The van der Waals surface area contributed by atoms with Gasteiger partial charge >= 0.3 is 0 Å². The summed E-state index contributed by atoms with van der Waals surface area (Å²) in [4.78, 5) is 28.5. The molecule has 4 atom stereocenters. The Bertz CT molecular complexity index is 809. The standard InChI is InChI=1S/C23H27N3O2/c27-20(12-14-25-23(28)17-9-6-13-24-15-17)26-22-19-11-5-4-10-18(19)21(22)16-7-2-1-3-8-16/h1-3,6-9,13,15,18-19,21-22H,4-5,10-12,14H2,(H,25,28)(H,26,27)/t18-,19-,21-,22-/m0/s1. The zero-order chi connectivity index (χ0) is 19.3. The van der Waals surface area contributed by atoms with Gasteiger partial charge in [-0.2, -0.15) is 0 Å². The van der Waals surface area contributed by atoms with Gasteiger partial charge in [-0.1, -0.05) is 43.2 Å². The summed E-state index contributed by atoms with van der Waals surface area (Å²) in [6.45, 7) is 0.330. The number of hydrogen-bond acceptors (Lipinski definition) is 3. The average Bonchev–Trinajstić information content (AvgIpc) is 2.74. The van der Waals surface area contributed by atoms with E-state index in [0.717, 1.165) is 0 Å². The molecule has 5 heteroatoms. The van der Waals surface area contributed by atoms with Crippen molar-refractivity contribution in [3.8, 4) is 0 Å². The predicted molar refractivity (Wildman–Crippen MR) is 108 cm³/mol. The highest BCUT2D eigenvalue weighted by Crippen LogP contribution is 2.54. The molecule has 1 aromatic heterocycles. The number of fused-ring (bicyclic) bond motifs is 1. The van der Waals surface area contributed by atoms with Crippen LogP contribution >= 0.6 is 0 Å². The van der Waals surface area contributed by atoms with E-state index in [4.69, 9.17) is 0 Å². The lowest BCUT2D eigenvalue weighted by Crippen LogP contribution is -2.59. The minimum atomic E-state index is -0.195. The quantitative estimate of drug-likeness (QED) is 0.811. The summed E-state index contributed by atoms with van der Waals surface area (Å²) in [5.41, 5.74) is 1.84. The minimum Gasteiger partial charge on any atom is -0.352 e. The Hall–Kier alpha value is -2.69. The van der Waals surface area contributed by atoms with Crippen LogP contribution in [-0.4, -0.2) is 29.4 Å². The summed E-state index contributed by atoms with van der Waals surface area (Å²) in [5, 5.41) is 6.07. The molecule has 0 bridgehead atoms. The fourth-order valence-corrected chi connectivity index (χ4v) is 4.94. The van der Waals surface area contributed by atoms with Gasteiger partial charge in [0.15, 0.2) is 0 Å². The van der Waals surface area contributed by atoms with E-state index >= 15 is 0 Å². The van der Waals surface area contributed by atoms with Crippen LogP contribution in [0.5, 0.6) is 0 Å². The van der Waals surface area contributed by atoms with Crippen LogP contribution in [0, 0.1) is 11.8 Å². The van der Waals surface area contributed by atoms with E-state index < -0.39 is 0 Å². The largest absolute Gasteiger partial charge is 0.352 e. The monoisotopic (exact) mass is 377 g/mol. The number of carbonyl (C=O) groups excluding carboxylic acids is 2. The summed E-state index contributed by atoms with van der Waals surface area (Å²) in [5.74, 6) is 1.51. The molecule has 2 aromatic rings. The highest BCUT2D eigenvalue weighted by atomic mass is 16.2. The number of carbonyl (C=O) groups is 2.